The van der Waals surface area contributed by atoms with Crippen LogP contribution in [-0.2, 0) is 0 Å². The van der Waals surface area contributed by atoms with Gasteiger partial charge in [0, 0.05) is 57.5 Å². The second kappa shape index (κ2) is 11.9. The Labute approximate surface area is 297 Å². The maximum absolute atomic E-state index is 5.42. The molecule has 10 rings (SSSR count). The van der Waals surface area contributed by atoms with Crippen LogP contribution in [0.4, 0.5) is 11.4 Å². The van der Waals surface area contributed by atoms with Crippen molar-refractivity contribution in [3.63, 3.8) is 0 Å². The van der Waals surface area contributed by atoms with Gasteiger partial charge in [0.1, 0.15) is 5.84 Å². The average molecular weight is 658 g/mol. The smallest absolute Gasteiger partial charge is 0.159 e. The number of nitrogens with zero attached hydrogens (tertiary/aromatic N) is 5. The molecule has 1 aromatic heterocycles. The van der Waals surface area contributed by atoms with Gasteiger partial charge in [-0.25, -0.2) is 9.98 Å². The molecule has 0 fully saturated rings. The summed E-state index contributed by atoms with van der Waals surface area (Å²) in [5.74, 6) is 1.90. The molecule has 0 saturated carbocycles. The summed E-state index contributed by atoms with van der Waals surface area (Å²) < 4.78 is 2.42. The largest absolute Gasteiger partial charge is 0.333 e. The summed E-state index contributed by atoms with van der Waals surface area (Å²) in [6.45, 7) is 0. The number of rotatable bonds is 5. The van der Waals surface area contributed by atoms with Gasteiger partial charge in [0.05, 0.1) is 17.1 Å². The lowest BCUT2D eigenvalue weighted by atomic mass is 9.91. The molecule has 3 aliphatic rings. The van der Waals surface area contributed by atoms with Crippen LogP contribution < -0.4 is 4.90 Å². The van der Waals surface area contributed by atoms with Crippen LogP contribution in [0.5, 0.6) is 0 Å². The van der Waals surface area contributed by atoms with Crippen LogP contribution in [-0.4, -0.2) is 34.2 Å². The Kier molecular flexibility index (Phi) is 6.84. The van der Waals surface area contributed by atoms with E-state index in [1.165, 1.54) is 33.1 Å². The van der Waals surface area contributed by atoms with Gasteiger partial charge in [0.2, 0.25) is 0 Å². The summed E-state index contributed by atoms with van der Waals surface area (Å²) in [6.07, 6.45) is 8.73. The molecule has 1 aliphatic carbocycles. The number of hydrogen-bond acceptors (Lipinski definition) is 4. The number of anilines is 2. The molecule has 0 spiro atoms. The Balaban J connectivity index is 1.23. The second-order valence-electron chi connectivity index (χ2n) is 13.5. The van der Waals surface area contributed by atoms with E-state index in [2.05, 4.69) is 185 Å². The van der Waals surface area contributed by atoms with Gasteiger partial charge in [-0.1, -0.05) is 140 Å². The normalized spacial score (nSPS) is 19.3. The zero-order chi connectivity index (χ0) is 33.9. The third kappa shape index (κ3) is 4.77. The van der Waals surface area contributed by atoms with Gasteiger partial charge in [-0.2, -0.15) is 0 Å². The third-order valence-corrected chi connectivity index (χ3v) is 10.5. The fraction of sp³-hybridized carbons (Fsp3) is 0.0870. The van der Waals surface area contributed by atoms with Crippen LogP contribution in [0.25, 0.3) is 27.5 Å². The highest BCUT2D eigenvalue weighted by atomic mass is 15.3. The van der Waals surface area contributed by atoms with E-state index in [0.29, 0.717) is 0 Å². The van der Waals surface area contributed by atoms with E-state index in [4.69, 9.17) is 9.98 Å². The molecule has 51 heavy (non-hydrogen) atoms. The minimum atomic E-state index is -0.324. The summed E-state index contributed by atoms with van der Waals surface area (Å²) in [5, 5.41) is 2.48. The molecule has 5 heteroatoms. The van der Waals surface area contributed by atoms with Crippen molar-refractivity contribution in [2.24, 2.45) is 9.98 Å². The van der Waals surface area contributed by atoms with Crippen LogP contribution in [0.15, 0.2) is 186 Å². The molecular formula is C46H35N5. The molecule has 3 unspecified atom stereocenters. The molecule has 3 heterocycles. The predicted molar refractivity (Wildman–Crippen MR) is 211 cm³/mol. The Morgan fingerprint density at radius 2 is 1.18 bits per heavy atom. The molecule has 244 valence electrons. The number of para-hydroxylation sites is 3. The van der Waals surface area contributed by atoms with Crippen LogP contribution in [0, 0.1) is 0 Å². The van der Waals surface area contributed by atoms with Crippen molar-refractivity contribution >= 4 is 44.9 Å². The Morgan fingerprint density at radius 3 is 1.92 bits per heavy atom. The van der Waals surface area contributed by atoms with Crippen LogP contribution in [0.2, 0.25) is 0 Å². The lowest BCUT2D eigenvalue weighted by molar-refractivity contribution is 0.383. The van der Waals surface area contributed by atoms with Gasteiger partial charge in [-0.05, 0) is 42.0 Å². The molecule has 6 aromatic carbocycles. The molecule has 0 N–H and O–H groups in total. The van der Waals surface area contributed by atoms with E-state index >= 15 is 0 Å². The van der Waals surface area contributed by atoms with Crippen molar-refractivity contribution in [1.82, 2.24) is 9.47 Å². The fourth-order valence-corrected chi connectivity index (χ4v) is 8.23. The van der Waals surface area contributed by atoms with E-state index < -0.39 is 0 Å². The molecule has 2 aliphatic heterocycles. The predicted octanol–water partition coefficient (Wildman–Crippen LogP) is 10.4. The first-order valence-electron chi connectivity index (χ1n) is 17.6. The highest BCUT2D eigenvalue weighted by molar-refractivity contribution is 6.13. The average Bonchev–Trinajstić information content (AvgIpc) is 3.72. The van der Waals surface area contributed by atoms with Gasteiger partial charge in [-0.3, -0.25) is 0 Å². The third-order valence-electron chi connectivity index (χ3n) is 10.5. The van der Waals surface area contributed by atoms with Crippen molar-refractivity contribution in [2.45, 2.75) is 18.1 Å². The first kappa shape index (κ1) is 29.5. The van der Waals surface area contributed by atoms with Crippen molar-refractivity contribution in [3.05, 3.63) is 198 Å². The van der Waals surface area contributed by atoms with Gasteiger partial charge >= 0.3 is 0 Å². The summed E-state index contributed by atoms with van der Waals surface area (Å²) in [4.78, 5) is 15.3. The minimum Gasteiger partial charge on any atom is -0.333 e. The van der Waals surface area contributed by atoms with Crippen LogP contribution in [0.1, 0.15) is 34.3 Å². The Morgan fingerprint density at radius 1 is 0.569 bits per heavy atom. The van der Waals surface area contributed by atoms with Gasteiger partial charge in [-0.15, -0.1) is 0 Å². The molecule has 3 atom stereocenters. The van der Waals surface area contributed by atoms with Crippen LogP contribution >= 0.6 is 0 Å². The standard InChI is InChI=1S/C46H35N5/c1-49-45(32-18-6-3-7-19-32)47-44(31-16-4-2-5-17-31)48-46(49)33-28-34(50-40-24-12-8-20-36(40)37-21-9-13-25-41(37)50)30-35(29-33)51-42-26-14-10-22-38(42)39-23-11-15-27-43(39)51/h2-30,36,40,46H,1H3. The molecule has 0 amide bonds. The second-order valence-corrected chi connectivity index (χ2v) is 13.5. The summed E-state index contributed by atoms with van der Waals surface area (Å²) in [6, 6.07) is 54.3. The van der Waals surface area contributed by atoms with Crippen LogP contribution in [0.3, 0.4) is 0 Å². The number of benzene rings is 6. The zero-order valence-corrected chi connectivity index (χ0v) is 28.2. The fourth-order valence-electron chi connectivity index (χ4n) is 8.23. The molecular weight excluding hydrogens is 623 g/mol. The topological polar surface area (TPSA) is 36.1 Å². The molecule has 5 nitrogen and oxygen atoms in total. The molecule has 0 radical (unpaired) electrons. The van der Waals surface area contributed by atoms with E-state index in [0.717, 1.165) is 39.7 Å². The van der Waals surface area contributed by atoms with Crippen molar-refractivity contribution in [2.75, 3.05) is 11.9 Å². The highest BCUT2D eigenvalue weighted by Gasteiger charge is 2.38. The first-order chi connectivity index (χ1) is 25.2. The summed E-state index contributed by atoms with van der Waals surface area (Å²) >= 11 is 0. The SMILES string of the molecule is CN1C(c2ccccc2)=NC(c2ccccc2)=NC1c1cc(N2c3ccccc3C3C=CC=CC32)cc(-n2c3ccccc3c3ccccc32)c1. The van der Waals surface area contributed by atoms with Gasteiger partial charge < -0.3 is 14.4 Å². The number of aliphatic imine (C=N–C) groups is 2. The number of amidine groups is 2. The number of allylic oxidation sites excluding steroid dienone is 2. The Bertz CT molecular complexity index is 2520. The van der Waals surface area contributed by atoms with Crippen molar-refractivity contribution in [3.8, 4) is 5.69 Å². The first-order valence-corrected chi connectivity index (χ1v) is 17.6. The van der Waals surface area contributed by atoms with Gasteiger partial charge in [0.25, 0.3) is 0 Å². The van der Waals surface area contributed by atoms with E-state index in [1.807, 2.05) is 12.1 Å². The molecule has 7 aromatic rings. The molecule has 0 saturated heterocycles. The van der Waals surface area contributed by atoms with Gasteiger partial charge in [0.15, 0.2) is 12.0 Å². The highest BCUT2D eigenvalue weighted by Crippen LogP contribution is 2.49. The zero-order valence-electron chi connectivity index (χ0n) is 28.2. The van der Waals surface area contributed by atoms with Crippen molar-refractivity contribution in [1.29, 1.82) is 0 Å². The van der Waals surface area contributed by atoms with E-state index in [9.17, 15) is 0 Å². The number of fused-ring (bicyclic) bond motifs is 6. The maximum atomic E-state index is 5.42. The summed E-state index contributed by atoms with van der Waals surface area (Å²) in [7, 11) is 2.12. The number of hydrogen-bond donors (Lipinski definition) is 0. The monoisotopic (exact) mass is 657 g/mol. The lowest BCUT2D eigenvalue weighted by Gasteiger charge is -2.34. The summed E-state index contributed by atoms with van der Waals surface area (Å²) in [5.41, 5.74) is 10.3. The minimum absolute atomic E-state index is 0.169. The Hall–Kier alpha value is -6.46. The van der Waals surface area contributed by atoms with E-state index in [1.54, 1.807) is 0 Å². The lowest BCUT2D eigenvalue weighted by Crippen LogP contribution is -2.36. The number of aromatic nitrogens is 1. The van der Waals surface area contributed by atoms with Crippen molar-refractivity contribution < 1.29 is 0 Å². The maximum Gasteiger partial charge on any atom is 0.159 e. The molecule has 0 bridgehead atoms. The quantitative estimate of drug-likeness (QED) is 0.185. The van der Waals surface area contributed by atoms with E-state index in [-0.39, 0.29) is 18.1 Å².